The van der Waals surface area contributed by atoms with Crippen molar-refractivity contribution in [1.29, 1.82) is 0 Å². The number of aryl methyl sites for hydroxylation is 1. The number of nitrogens with zero attached hydrogens (tertiary/aromatic N) is 4. The van der Waals surface area contributed by atoms with E-state index in [1.165, 1.54) is 6.07 Å². The predicted octanol–water partition coefficient (Wildman–Crippen LogP) is 4.63. The largest absolute Gasteiger partial charge is 0.441 e. The molecule has 0 amide bonds. The quantitative estimate of drug-likeness (QED) is 0.652. The lowest BCUT2D eigenvalue weighted by atomic mass is 10.2. The maximum absolute atomic E-state index is 14.0. The lowest BCUT2D eigenvalue weighted by Crippen LogP contribution is -2.23. The van der Waals surface area contributed by atoms with Gasteiger partial charge in [0.1, 0.15) is 11.6 Å². The fraction of sp³-hybridized carbons (Fsp3) is 0.450. The maximum atomic E-state index is 14.0. The number of halogens is 1. The van der Waals surface area contributed by atoms with E-state index in [0.29, 0.717) is 29.6 Å². The normalized spacial score (nSPS) is 17.9. The molecule has 1 fully saturated rings. The van der Waals surface area contributed by atoms with Crippen LogP contribution in [-0.2, 0) is 6.54 Å². The van der Waals surface area contributed by atoms with Gasteiger partial charge in [-0.3, -0.25) is 4.90 Å². The molecule has 1 atom stereocenters. The first-order valence-corrected chi connectivity index (χ1v) is 9.31. The van der Waals surface area contributed by atoms with Crippen LogP contribution in [-0.4, -0.2) is 26.6 Å². The van der Waals surface area contributed by atoms with Crippen LogP contribution in [0, 0.1) is 12.7 Å². The fourth-order valence-corrected chi connectivity index (χ4v) is 3.43. The van der Waals surface area contributed by atoms with E-state index in [9.17, 15) is 4.39 Å². The standard InChI is InChI=1S/C20H23FN4O2/c1-12(2)18-23-20(27-24-18)17-9-6-10-25(17)11-16-13(3)26-19(22-16)14-7-4-5-8-15(14)21/h4-5,7-8,12,17H,6,9-11H2,1-3H3/t17-/m0/s1. The monoisotopic (exact) mass is 370 g/mol. The second-order valence-electron chi connectivity index (χ2n) is 7.28. The Morgan fingerprint density at radius 3 is 2.81 bits per heavy atom. The summed E-state index contributed by atoms with van der Waals surface area (Å²) < 4.78 is 25.3. The lowest BCUT2D eigenvalue weighted by Gasteiger charge is -2.20. The molecular weight excluding hydrogens is 347 g/mol. The topological polar surface area (TPSA) is 68.2 Å². The molecule has 0 radical (unpaired) electrons. The van der Waals surface area contributed by atoms with Crippen molar-refractivity contribution in [2.24, 2.45) is 0 Å². The van der Waals surface area contributed by atoms with Crippen molar-refractivity contribution in [2.75, 3.05) is 6.54 Å². The Hall–Kier alpha value is -2.54. The van der Waals surface area contributed by atoms with Gasteiger partial charge in [-0.05, 0) is 38.4 Å². The van der Waals surface area contributed by atoms with Crippen molar-refractivity contribution in [3.05, 3.63) is 53.3 Å². The number of hydrogen-bond donors (Lipinski definition) is 0. The van der Waals surface area contributed by atoms with Crippen LogP contribution < -0.4 is 0 Å². The van der Waals surface area contributed by atoms with E-state index >= 15 is 0 Å². The van der Waals surface area contributed by atoms with Gasteiger partial charge in [0.15, 0.2) is 5.82 Å². The van der Waals surface area contributed by atoms with Gasteiger partial charge in [0.2, 0.25) is 11.8 Å². The molecule has 27 heavy (non-hydrogen) atoms. The summed E-state index contributed by atoms with van der Waals surface area (Å²) in [5.74, 6) is 2.31. The van der Waals surface area contributed by atoms with Crippen molar-refractivity contribution >= 4 is 0 Å². The van der Waals surface area contributed by atoms with Crippen LogP contribution in [0.5, 0.6) is 0 Å². The second-order valence-corrected chi connectivity index (χ2v) is 7.28. The van der Waals surface area contributed by atoms with E-state index in [2.05, 4.69) is 20.0 Å². The van der Waals surface area contributed by atoms with E-state index in [1.807, 2.05) is 20.8 Å². The molecule has 0 aliphatic carbocycles. The molecule has 0 N–H and O–H groups in total. The highest BCUT2D eigenvalue weighted by Crippen LogP contribution is 2.34. The van der Waals surface area contributed by atoms with Crippen LogP contribution in [0.2, 0.25) is 0 Å². The first-order valence-electron chi connectivity index (χ1n) is 9.31. The zero-order valence-electron chi connectivity index (χ0n) is 15.8. The number of hydrogen-bond acceptors (Lipinski definition) is 6. The molecule has 3 heterocycles. The van der Waals surface area contributed by atoms with Crippen molar-refractivity contribution in [2.45, 2.75) is 52.1 Å². The van der Waals surface area contributed by atoms with E-state index < -0.39 is 0 Å². The summed E-state index contributed by atoms with van der Waals surface area (Å²) in [6.45, 7) is 7.48. The molecule has 142 valence electrons. The van der Waals surface area contributed by atoms with Gasteiger partial charge < -0.3 is 8.94 Å². The lowest BCUT2D eigenvalue weighted by molar-refractivity contribution is 0.198. The minimum absolute atomic E-state index is 0.0815. The highest BCUT2D eigenvalue weighted by molar-refractivity contribution is 5.54. The summed E-state index contributed by atoms with van der Waals surface area (Å²) in [5.41, 5.74) is 1.19. The Morgan fingerprint density at radius 1 is 1.26 bits per heavy atom. The highest BCUT2D eigenvalue weighted by atomic mass is 19.1. The number of rotatable bonds is 5. The number of aromatic nitrogens is 3. The SMILES string of the molecule is Cc1oc(-c2ccccc2F)nc1CN1CCC[C@H]1c1nc(C(C)C)no1. The Bertz CT molecular complexity index is 934. The molecule has 6 nitrogen and oxygen atoms in total. The first-order chi connectivity index (χ1) is 13.0. The summed E-state index contributed by atoms with van der Waals surface area (Å²) in [5, 5.41) is 4.08. The van der Waals surface area contributed by atoms with E-state index in [1.54, 1.807) is 18.2 Å². The van der Waals surface area contributed by atoms with Crippen LogP contribution in [0.1, 0.15) is 61.8 Å². The molecule has 7 heteroatoms. The maximum Gasteiger partial charge on any atom is 0.244 e. The van der Waals surface area contributed by atoms with Crippen molar-refractivity contribution in [1.82, 2.24) is 20.0 Å². The number of benzene rings is 1. The fourth-order valence-electron chi connectivity index (χ4n) is 3.43. The molecule has 0 spiro atoms. The smallest absolute Gasteiger partial charge is 0.244 e. The zero-order valence-corrected chi connectivity index (χ0v) is 15.8. The van der Waals surface area contributed by atoms with Gasteiger partial charge in [-0.2, -0.15) is 4.98 Å². The molecule has 0 unspecified atom stereocenters. The minimum Gasteiger partial charge on any atom is -0.441 e. The van der Waals surface area contributed by atoms with Gasteiger partial charge in [0.25, 0.3) is 0 Å². The van der Waals surface area contributed by atoms with Crippen LogP contribution in [0.15, 0.2) is 33.2 Å². The van der Waals surface area contributed by atoms with Gasteiger partial charge in [0, 0.05) is 12.5 Å². The Balaban J connectivity index is 1.55. The van der Waals surface area contributed by atoms with E-state index in [4.69, 9.17) is 8.94 Å². The van der Waals surface area contributed by atoms with E-state index in [-0.39, 0.29) is 17.8 Å². The molecule has 3 aromatic rings. The summed E-state index contributed by atoms with van der Waals surface area (Å²) in [6, 6.07) is 6.59. The highest BCUT2D eigenvalue weighted by Gasteiger charge is 2.32. The van der Waals surface area contributed by atoms with Crippen molar-refractivity contribution in [3.8, 4) is 11.5 Å². The molecule has 2 aromatic heterocycles. The average molecular weight is 370 g/mol. The van der Waals surface area contributed by atoms with E-state index in [0.717, 1.165) is 30.9 Å². The van der Waals surface area contributed by atoms with Gasteiger partial charge in [0.05, 0.1) is 17.3 Å². The van der Waals surface area contributed by atoms with Crippen molar-refractivity contribution in [3.63, 3.8) is 0 Å². The zero-order chi connectivity index (χ0) is 19.0. The molecule has 1 aromatic carbocycles. The van der Waals surface area contributed by atoms with Crippen LogP contribution in [0.4, 0.5) is 4.39 Å². The first kappa shape index (κ1) is 17.9. The van der Waals surface area contributed by atoms with Crippen molar-refractivity contribution < 1.29 is 13.3 Å². The third-order valence-corrected chi connectivity index (χ3v) is 4.97. The summed E-state index contributed by atoms with van der Waals surface area (Å²) in [7, 11) is 0. The summed E-state index contributed by atoms with van der Waals surface area (Å²) in [6.07, 6.45) is 2.03. The summed E-state index contributed by atoms with van der Waals surface area (Å²) >= 11 is 0. The average Bonchev–Trinajstić information content (AvgIpc) is 3.36. The van der Waals surface area contributed by atoms with Crippen LogP contribution in [0.3, 0.4) is 0 Å². The summed E-state index contributed by atoms with van der Waals surface area (Å²) in [4.78, 5) is 11.4. The molecule has 0 bridgehead atoms. The van der Waals surface area contributed by atoms with Gasteiger partial charge in [-0.1, -0.05) is 31.1 Å². The molecular formula is C20H23FN4O2. The molecule has 4 rings (SSSR count). The second kappa shape index (κ2) is 7.23. The minimum atomic E-state index is -0.337. The Morgan fingerprint density at radius 2 is 2.07 bits per heavy atom. The molecule has 0 saturated carbocycles. The Labute approximate surface area is 157 Å². The van der Waals surface area contributed by atoms with Crippen LogP contribution >= 0.6 is 0 Å². The van der Waals surface area contributed by atoms with Gasteiger partial charge in [-0.25, -0.2) is 9.37 Å². The number of oxazole rings is 1. The van der Waals surface area contributed by atoms with Gasteiger partial charge >= 0.3 is 0 Å². The predicted molar refractivity (Wildman–Crippen MR) is 97.4 cm³/mol. The molecule has 1 aliphatic heterocycles. The third-order valence-electron chi connectivity index (χ3n) is 4.97. The third kappa shape index (κ3) is 3.51. The Kier molecular flexibility index (Phi) is 4.78. The molecule has 1 saturated heterocycles. The molecule has 1 aliphatic rings. The van der Waals surface area contributed by atoms with Gasteiger partial charge in [-0.15, -0.1) is 0 Å². The van der Waals surface area contributed by atoms with Crippen LogP contribution in [0.25, 0.3) is 11.5 Å². The number of likely N-dealkylation sites (tertiary alicyclic amines) is 1.